The monoisotopic (exact) mass is 702 g/mol. The van der Waals surface area contributed by atoms with Gasteiger partial charge in [-0.05, 0) is 119 Å². The molecule has 0 aliphatic heterocycles. The minimum Gasteiger partial charge on any atom is -0.449 e. The zero-order chi connectivity index (χ0) is 36.0. The van der Waals surface area contributed by atoms with Crippen LogP contribution in [0, 0.1) is 40.9 Å². The Kier molecular flexibility index (Phi) is 18.3. The van der Waals surface area contributed by atoms with Crippen LogP contribution in [0.5, 0.6) is 0 Å². The van der Waals surface area contributed by atoms with Gasteiger partial charge < -0.3 is 30.2 Å². The summed E-state index contributed by atoms with van der Waals surface area (Å²) >= 11 is 0. The predicted octanol–water partition coefficient (Wildman–Crippen LogP) is 4.60. The van der Waals surface area contributed by atoms with Crippen molar-refractivity contribution >= 4 is 36.5 Å². The number of aliphatic imine (C=N–C) groups is 3. The van der Waals surface area contributed by atoms with E-state index in [4.69, 9.17) is 14.2 Å². The Balaban J connectivity index is 1.43. The van der Waals surface area contributed by atoms with E-state index in [-0.39, 0.29) is 19.8 Å². The van der Waals surface area contributed by atoms with E-state index in [2.05, 4.69) is 30.9 Å². The molecule has 50 heavy (non-hydrogen) atoms. The maximum Gasteiger partial charge on any atom is 0.407 e. The average molecular weight is 703 g/mol. The molecule has 3 aliphatic rings. The summed E-state index contributed by atoms with van der Waals surface area (Å²) in [5.41, 5.74) is -1.02. The maximum absolute atomic E-state index is 12.7. The molecule has 3 N–H and O–H groups in total. The van der Waals surface area contributed by atoms with Crippen LogP contribution in [0.3, 0.4) is 0 Å². The Morgan fingerprint density at radius 2 is 0.740 bits per heavy atom. The molecular formula is C35H54N6O9. The van der Waals surface area contributed by atoms with Gasteiger partial charge in [-0.1, -0.05) is 0 Å². The summed E-state index contributed by atoms with van der Waals surface area (Å²) in [7, 11) is 0. The Hall–Kier alpha value is -4.05. The Morgan fingerprint density at radius 3 is 0.980 bits per heavy atom. The molecule has 3 amide bonds. The minimum absolute atomic E-state index is 0.156. The Morgan fingerprint density at radius 1 is 0.500 bits per heavy atom. The van der Waals surface area contributed by atoms with Crippen LogP contribution in [0.25, 0.3) is 0 Å². The molecule has 3 fully saturated rings. The molecule has 3 aliphatic carbocycles. The third kappa shape index (κ3) is 16.1. The zero-order valence-electron chi connectivity index (χ0n) is 29.3. The standard InChI is InChI=1S/C35H54N6O9/c1-35(20-48-32(45)39-17-29-8-2-26(3-9-29)14-36-23-42,21-49-33(46)40-18-30-10-4-27(5-11-30)15-37-24-43)22-50-34(47)41-19-31-12-6-28(7-13-31)16-38-25-44/h26-31H,2-22H2,1H3,(H,39,45)(H,40,46)(H,41,47). The van der Waals surface area contributed by atoms with Gasteiger partial charge in [0.05, 0.1) is 25.0 Å². The normalized spacial score (nSPS) is 25.9. The number of carbonyl (C=O) groups is 3. The number of isocyanates is 3. The molecule has 0 radical (unpaired) electrons. The first kappa shape index (κ1) is 40.4. The quantitative estimate of drug-likeness (QED) is 0.104. The molecule has 0 aromatic carbocycles. The van der Waals surface area contributed by atoms with Gasteiger partial charge in [-0.25, -0.2) is 43.7 Å². The molecule has 0 atom stereocenters. The molecule has 0 saturated heterocycles. The van der Waals surface area contributed by atoms with Crippen molar-refractivity contribution in [3.05, 3.63) is 0 Å². The summed E-state index contributed by atoms with van der Waals surface area (Å²) in [6.07, 6.45) is 14.0. The number of ether oxygens (including phenoxy) is 3. The first-order valence-electron chi connectivity index (χ1n) is 18.0. The first-order chi connectivity index (χ1) is 24.2. The average Bonchev–Trinajstić information content (AvgIpc) is 3.14. The molecule has 278 valence electrons. The molecule has 3 rings (SSSR count). The fourth-order valence-electron chi connectivity index (χ4n) is 7.03. The van der Waals surface area contributed by atoms with Crippen LogP contribution in [0.2, 0.25) is 0 Å². The van der Waals surface area contributed by atoms with Gasteiger partial charge in [-0.3, -0.25) is 0 Å². The molecule has 0 aromatic rings. The number of nitrogens with one attached hydrogen (secondary N) is 3. The van der Waals surface area contributed by atoms with Crippen molar-refractivity contribution in [3.63, 3.8) is 0 Å². The summed E-state index contributed by atoms with van der Waals surface area (Å²) in [5.74, 6) is 1.98. The first-order valence-corrected chi connectivity index (χ1v) is 18.0. The zero-order valence-corrected chi connectivity index (χ0v) is 29.3. The lowest BCUT2D eigenvalue weighted by Gasteiger charge is -2.30. The highest BCUT2D eigenvalue weighted by Crippen LogP contribution is 2.30. The number of nitrogens with zero attached hydrogens (tertiary/aromatic N) is 3. The molecule has 0 spiro atoms. The third-order valence-electron chi connectivity index (χ3n) is 10.4. The summed E-state index contributed by atoms with van der Waals surface area (Å²) in [5, 5.41) is 8.45. The summed E-state index contributed by atoms with van der Waals surface area (Å²) in [6.45, 7) is 4.08. The SMILES string of the molecule is CC(COC(=O)NCC1CCC(CN=C=O)CC1)(COC(=O)NCC1CCC(CN=C=O)CC1)COC(=O)NCC1CCC(CN=C=O)CC1. The van der Waals surface area contributed by atoms with E-state index in [1.54, 1.807) is 25.2 Å². The van der Waals surface area contributed by atoms with E-state index < -0.39 is 23.7 Å². The van der Waals surface area contributed by atoms with Crippen LogP contribution in [0.15, 0.2) is 15.0 Å². The molecule has 0 aromatic heterocycles. The Bertz CT molecular complexity index is 1060. The van der Waals surface area contributed by atoms with Crippen molar-refractivity contribution in [3.8, 4) is 0 Å². The predicted molar refractivity (Wildman–Crippen MR) is 181 cm³/mol. The topological polar surface area (TPSA) is 203 Å². The van der Waals surface area contributed by atoms with E-state index in [0.29, 0.717) is 74.8 Å². The third-order valence-corrected chi connectivity index (χ3v) is 10.4. The number of hydrogen-bond donors (Lipinski definition) is 3. The second kappa shape index (κ2) is 22.6. The maximum atomic E-state index is 12.7. The van der Waals surface area contributed by atoms with Crippen LogP contribution in [-0.4, -0.2) is 95.6 Å². The van der Waals surface area contributed by atoms with Gasteiger partial charge in [0, 0.05) is 19.6 Å². The molecule has 0 bridgehead atoms. The van der Waals surface area contributed by atoms with Crippen molar-refractivity contribution in [2.45, 2.75) is 84.0 Å². The number of amides is 3. The second-order valence-electron chi connectivity index (χ2n) is 14.6. The molecule has 15 heteroatoms. The van der Waals surface area contributed by atoms with Gasteiger partial charge in [0.15, 0.2) is 0 Å². The van der Waals surface area contributed by atoms with E-state index in [1.165, 1.54) is 0 Å². The van der Waals surface area contributed by atoms with E-state index in [1.807, 2.05) is 0 Å². The largest absolute Gasteiger partial charge is 0.449 e. The highest BCUT2D eigenvalue weighted by Gasteiger charge is 2.32. The highest BCUT2D eigenvalue weighted by atomic mass is 16.6. The summed E-state index contributed by atoms with van der Waals surface area (Å²) < 4.78 is 16.6. The lowest BCUT2D eigenvalue weighted by Crippen LogP contribution is -2.42. The molecule has 0 unspecified atom stereocenters. The smallest absolute Gasteiger partial charge is 0.407 e. The van der Waals surface area contributed by atoms with Crippen LogP contribution >= 0.6 is 0 Å². The van der Waals surface area contributed by atoms with Crippen LogP contribution in [0.4, 0.5) is 14.4 Å². The fraction of sp³-hybridized carbons (Fsp3) is 0.829. The lowest BCUT2D eigenvalue weighted by molar-refractivity contribution is -0.00515. The second-order valence-corrected chi connectivity index (χ2v) is 14.6. The van der Waals surface area contributed by atoms with Gasteiger partial charge in [-0.15, -0.1) is 0 Å². The summed E-state index contributed by atoms with van der Waals surface area (Å²) in [6, 6.07) is 0. The van der Waals surface area contributed by atoms with Crippen LogP contribution in [0.1, 0.15) is 84.0 Å². The van der Waals surface area contributed by atoms with Crippen molar-refractivity contribution in [1.82, 2.24) is 16.0 Å². The van der Waals surface area contributed by atoms with Crippen molar-refractivity contribution < 1.29 is 43.0 Å². The molecule has 0 heterocycles. The number of alkyl carbamates (subject to hydrolysis) is 3. The lowest BCUT2D eigenvalue weighted by atomic mass is 9.82. The van der Waals surface area contributed by atoms with Gasteiger partial charge >= 0.3 is 18.3 Å². The van der Waals surface area contributed by atoms with Crippen molar-refractivity contribution in [2.24, 2.45) is 55.9 Å². The van der Waals surface area contributed by atoms with Gasteiger partial charge in [0.25, 0.3) is 0 Å². The van der Waals surface area contributed by atoms with Crippen LogP contribution in [-0.2, 0) is 28.6 Å². The van der Waals surface area contributed by atoms with E-state index in [0.717, 1.165) is 77.0 Å². The molecular weight excluding hydrogens is 648 g/mol. The number of carbonyl (C=O) groups excluding carboxylic acids is 6. The Labute approximate surface area is 294 Å². The van der Waals surface area contributed by atoms with Gasteiger partial charge in [0.2, 0.25) is 18.2 Å². The fourth-order valence-corrected chi connectivity index (χ4v) is 7.03. The molecule has 15 nitrogen and oxygen atoms in total. The van der Waals surface area contributed by atoms with E-state index >= 15 is 0 Å². The van der Waals surface area contributed by atoms with Gasteiger partial charge in [0.1, 0.15) is 19.8 Å². The van der Waals surface area contributed by atoms with E-state index in [9.17, 15) is 28.8 Å². The molecule has 3 saturated carbocycles. The van der Waals surface area contributed by atoms with Crippen molar-refractivity contribution in [1.29, 1.82) is 0 Å². The van der Waals surface area contributed by atoms with Crippen LogP contribution < -0.4 is 16.0 Å². The van der Waals surface area contributed by atoms with Crippen molar-refractivity contribution in [2.75, 3.05) is 59.1 Å². The minimum atomic E-state index is -1.02. The number of rotatable bonds is 18. The highest BCUT2D eigenvalue weighted by molar-refractivity contribution is 5.68. The van der Waals surface area contributed by atoms with Gasteiger partial charge in [-0.2, -0.15) is 0 Å². The summed E-state index contributed by atoms with van der Waals surface area (Å²) in [4.78, 5) is 80.2. The number of hydrogen-bond acceptors (Lipinski definition) is 12.